The molecule has 0 aliphatic carbocycles. The number of hydrogen-bond acceptors (Lipinski definition) is 3. The second-order valence-electron chi connectivity index (χ2n) is 1.93. The molecule has 12 heavy (non-hydrogen) atoms. The van der Waals surface area contributed by atoms with Crippen molar-refractivity contribution in [2.75, 3.05) is 20.7 Å². The molecule has 72 valence electrons. The third-order valence-electron chi connectivity index (χ3n) is 0.633. The van der Waals surface area contributed by atoms with Crippen LogP contribution in [0.5, 0.6) is 0 Å². The monoisotopic (exact) mass is 210 g/mol. The maximum atomic E-state index is 7.56. The van der Waals surface area contributed by atoms with Gasteiger partial charge in [0, 0.05) is 14.1 Å². The molecule has 0 aromatic heterocycles. The molecule has 3 N–H and O–H groups in total. The van der Waals surface area contributed by atoms with Gasteiger partial charge >= 0.3 is 0 Å². The van der Waals surface area contributed by atoms with E-state index in [0.29, 0.717) is 11.8 Å². The molecule has 0 amide bonds. The van der Waals surface area contributed by atoms with Crippen LogP contribution < -0.4 is 5.73 Å². The summed E-state index contributed by atoms with van der Waals surface area (Å²) in [5.41, 5.74) is 4.40. The lowest BCUT2D eigenvalue weighted by atomic mass is 10.8. The van der Waals surface area contributed by atoms with Crippen molar-refractivity contribution in [2.45, 2.75) is 6.92 Å². The zero-order valence-electron chi connectivity index (χ0n) is 7.40. The molecule has 0 saturated heterocycles. The maximum Gasteiger partial charge on any atom is 0.258 e. The van der Waals surface area contributed by atoms with Crippen LogP contribution in [-0.2, 0) is 4.74 Å². The topological polar surface area (TPSA) is 58.7 Å². The van der Waals surface area contributed by atoms with Crippen LogP contribution in [0.25, 0.3) is 0 Å². The van der Waals surface area contributed by atoms with E-state index in [1.807, 2.05) is 21.0 Å². The Bertz CT molecular complexity index is 146. The van der Waals surface area contributed by atoms with Crippen LogP contribution in [0.2, 0.25) is 0 Å². The molecule has 0 spiro atoms. The molecular weight excluding hydrogens is 196 g/mol. The highest BCUT2D eigenvalue weighted by atomic mass is 32.1. The fraction of sp³-hybridized carbons (Fsp3) is 0.667. The zero-order chi connectivity index (χ0) is 10.1. The SMILES string of the molecule is CCOC(=S)N(C)C.NC(O)=S. The van der Waals surface area contributed by atoms with Crippen molar-refractivity contribution in [3.05, 3.63) is 0 Å². The molecular formula is C6H14N2O2S2. The van der Waals surface area contributed by atoms with E-state index in [9.17, 15) is 0 Å². The first-order valence-corrected chi connectivity index (χ1v) is 4.05. The molecule has 0 unspecified atom stereocenters. The van der Waals surface area contributed by atoms with E-state index >= 15 is 0 Å². The van der Waals surface area contributed by atoms with Gasteiger partial charge in [0.05, 0.1) is 6.61 Å². The Morgan fingerprint density at radius 1 is 1.50 bits per heavy atom. The van der Waals surface area contributed by atoms with Gasteiger partial charge in [-0.05, 0) is 31.4 Å². The second-order valence-corrected chi connectivity index (χ2v) is 2.70. The maximum absolute atomic E-state index is 7.56. The van der Waals surface area contributed by atoms with Gasteiger partial charge in [-0.25, -0.2) is 0 Å². The van der Waals surface area contributed by atoms with Crippen LogP contribution >= 0.6 is 24.4 Å². The predicted molar refractivity (Wildman–Crippen MR) is 57.3 cm³/mol. The van der Waals surface area contributed by atoms with Crippen molar-refractivity contribution >= 4 is 34.8 Å². The highest BCUT2D eigenvalue weighted by molar-refractivity contribution is 7.80. The van der Waals surface area contributed by atoms with Crippen LogP contribution in [0.4, 0.5) is 0 Å². The second kappa shape index (κ2) is 8.48. The first-order chi connectivity index (χ1) is 5.41. The highest BCUT2D eigenvalue weighted by Crippen LogP contribution is 1.84. The van der Waals surface area contributed by atoms with E-state index in [-0.39, 0.29) is 0 Å². The molecule has 6 heteroatoms. The van der Waals surface area contributed by atoms with Crippen molar-refractivity contribution in [1.29, 1.82) is 0 Å². The van der Waals surface area contributed by atoms with Crippen LogP contribution in [0.15, 0.2) is 0 Å². The van der Waals surface area contributed by atoms with E-state index in [2.05, 4.69) is 18.0 Å². The predicted octanol–water partition coefficient (Wildman–Crippen LogP) is 0.657. The Morgan fingerprint density at radius 2 is 1.83 bits per heavy atom. The number of ether oxygens (including phenoxy) is 1. The fourth-order valence-corrected chi connectivity index (χ4v) is 0.370. The number of rotatable bonds is 1. The molecule has 0 fully saturated rings. The molecule has 0 radical (unpaired) electrons. The number of aliphatic hydroxyl groups excluding tert-OH is 1. The van der Waals surface area contributed by atoms with Crippen molar-refractivity contribution in [2.24, 2.45) is 5.73 Å². The van der Waals surface area contributed by atoms with Gasteiger partial charge < -0.3 is 20.5 Å². The Balaban J connectivity index is 0. The first kappa shape index (κ1) is 13.9. The number of thiocarbonyl (C=S) groups is 2. The Kier molecular flexibility index (Phi) is 9.84. The van der Waals surface area contributed by atoms with Gasteiger partial charge in [-0.2, -0.15) is 0 Å². The molecule has 0 aromatic rings. The summed E-state index contributed by atoms with van der Waals surface area (Å²) in [5.74, 6) is 0. The molecule has 0 aromatic carbocycles. The molecule has 0 bridgehead atoms. The van der Waals surface area contributed by atoms with Crippen LogP contribution in [0.1, 0.15) is 6.92 Å². The van der Waals surface area contributed by atoms with Gasteiger partial charge in [-0.1, -0.05) is 0 Å². The van der Waals surface area contributed by atoms with Crippen LogP contribution in [0, 0.1) is 0 Å². The molecule has 0 aliphatic heterocycles. The number of aliphatic hydroxyl groups is 1. The first-order valence-electron chi connectivity index (χ1n) is 3.24. The summed E-state index contributed by atoms with van der Waals surface area (Å²) in [7, 11) is 3.72. The van der Waals surface area contributed by atoms with E-state index in [4.69, 9.17) is 22.1 Å². The lowest BCUT2D eigenvalue weighted by Crippen LogP contribution is -2.22. The lowest BCUT2D eigenvalue weighted by Gasteiger charge is -2.11. The van der Waals surface area contributed by atoms with Gasteiger partial charge in [0.1, 0.15) is 0 Å². The standard InChI is InChI=1S/C5H11NOS.CH3NOS/c1-4-7-5(8)6(2)3;2-1(3)4/h4H2,1-3H3;(H3,2,3,4). The zero-order valence-corrected chi connectivity index (χ0v) is 9.04. The fourth-order valence-electron chi connectivity index (χ4n) is 0.253. The molecule has 0 heterocycles. The third-order valence-corrected chi connectivity index (χ3v) is 1.12. The molecule has 0 atom stereocenters. The summed E-state index contributed by atoms with van der Waals surface area (Å²) < 4.78 is 4.96. The minimum absolute atomic E-state index is 0.500. The van der Waals surface area contributed by atoms with Gasteiger partial charge in [-0.3, -0.25) is 0 Å². The minimum Gasteiger partial charge on any atom is -0.487 e. The molecule has 0 rings (SSSR count). The summed E-state index contributed by atoms with van der Waals surface area (Å²) >= 11 is 8.65. The normalized spacial score (nSPS) is 7.58. The molecule has 0 aliphatic rings. The van der Waals surface area contributed by atoms with Crippen LogP contribution in [0.3, 0.4) is 0 Å². The molecule has 0 saturated carbocycles. The van der Waals surface area contributed by atoms with E-state index in [1.54, 1.807) is 4.90 Å². The van der Waals surface area contributed by atoms with Crippen molar-refractivity contribution in [3.8, 4) is 0 Å². The summed E-state index contributed by atoms with van der Waals surface area (Å²) in [6.45, 7) is 2.56. The summed E-state index contributed by atoms with van der Waals surface area (Å²) in [4.78, 5) is 1.76. The van der Waals surface area contributed by atoms with Crippen molar-refractivity contribution in [3.63, 3.8) is 0 Å². The summed E-state index contributed by atoms with van der Waals surface area (Å²) in [6.07, 6.45) is 0. The smallest absolute Gasteiger partial charge is 0.258 e. The third kappa shape index (κ3) is 16.2. The highest BCUT2D eigenvalue weighted by Gasteiger charge is 1.94. The van der Waals surface area contributed by atoms with Crippen LogP contribution in [-0.4, -0.2) is 41.1 Å². The lowest BCUT2D eigenvalue weighted by molar-refractivity contribution is 0.287. The van der Waals surface area contributed by atoms with Gasteiger partial charge in [0.2, 0.25) is 0 Å². The average molecular weight is 210 g/mol. The average Bonchev–Trinajstić information content (AvgIpc) is 1.86. The largest absolute Gasteiger partial charge is 0.487 e. The molecule has 4 nitrogen and oxygen atoms in total. The van der Waals surface area contributed by atoms with Gasteiger partial charge in [0.25, 0.3) is 10.3 Å². The number of nitrogens with two attached hydrogens (primary N) is 1. The minimum atomic E-state index is -0.500. The van der Waals surface area contributed by atoms with E-state index in [0.717, 1.165) is 0 Å². The Labute approximate surface area is 83.3 Å². The van der Waals surface area contributed by atoms with E-state index < -0.39 is 5.17 Å². The number of nitrogens with zero attached hydrogens (tertiary/aromatic N) is 1. The summed E-state index contributed by atoms with van der Waals surface area (Å²) in [6, 6.07) is 0. The Hall–Kier alpha value is -0.620. The van der Waals surface area contributed by atoms with Crippen molar-refractivity contribution < 1.29 is 9.84 Å². The number of hydrogen-bond donors (Lipinski definition) is 2. The summed E-state index contributed by atoms with van der Waals surface area (Å²) in [5, 5.41) is 7.61. The van der Waals surface area contributed by atoms with Gasteiger partial charge in [0.15, 0.2) is 0 Å². The van der Waals surface area contributed by atoms with Gasteiger partial charge in [-0.15, -0.1) is 0 Å². The van der Waals surface area contributed by atoms with Crippen molar-refractivity contribution in [1.82, 2.24) is 4.90 Å². The van der Waals surface area contributed by atoms with E-state index in [1.165, 1.54) is 0 Å². The Morgan fingerprint density at radius 3 is 1.92 bits per heavy atom. The quantitative estimate of drug-likeness (QED) is 0.620.